The zero-order valence-corrected chi connectivity index (χ0v) is 8.54. The van der Waals surface area contributed by atoms with E-state index in [1.165, 1.54) is 0 Å². The van der Waals surface area contributed by atoms with Crippen LogP contribution in [-0.4, -0.2) is 7.11 Å². The van der Waals surface area contributed by atoms with E-state index in [4.69, 9.17) is 10.00 Å². The molecule has 14 heavy (non-hydrogen) atoms. The van der Waals surface area contributed by atoms with Gasteiger partial charge in [0.25, 0.3) is 0 Å². The molecule has 0 spiro atoms. The third-order valence-electron chi connectivity index (χ3n) is 2.16. The number of fused-ring (bicyclic) bond motifs is 1. The Balaban J connectivity index is 2.46. The van der Waals surface area contributed by atoms with Crippen molar-refractivity contribution in [2.24, 2.45) is 0 Å². The summed E-state index contributed by atoms with van der Waals surface area (Å²) in [5.74, 6) is 0.723. The summed E-state index contributed by atoms with van der Waals surface area (Å²) in [6, 6.07) is 8.07. The standard InChI is InChI=1S/C11H9NOS/c1-13-9-2-3-10-8(7-12)4-5-14-11(10)6-9/h2-6,8H,1H3. The number of hydrogen-bond acceptors (Lipinski definition) is 3. The predicted molar refractivity (Wildman–Crippen MR) is 56.3 cm³/mol. The van der Waals surface area contributed by atoms with E-state index in [9.17, 15) is 0 Å². The van der Waals surface area contributed by atoms with Gasteiger partial charge < -0.3 is 4.74 Å². The highest BCUT2D eigenvalue weighted by atomic mass is 32.2. The van der Waals surface area contributed by atoms with Crippen molar-refractivity contribution < 1.29 is 4.74 Å². The molecule has 1 atom stereocenters. The molecule has 1 aliphatic rings. The van der Waals surface area contributed by atoms with Gasteiger partial charge >= 0.3 is 0 Å². The second kappa shape index (κ2) is 3.77. The summed E-state index contributed by atoms with van der Waals surface area (Å²) in [4.78, 5) is 1.11. The number of hydrogen-bond donors (Lipinski definition) is 0. The molecule has 1 heterocycles. The fourth-order valence-electron chi connectivity index (χ4n) is 1.41. The molecule has 0 aliphatic carbocycles. The maximum Gasteiger partial charge on any atom is 0.120 e. The SMILES string of the molecule is COc1ccc2c(c1)SC=CC2C#N. The van der Waals surface area contributed by atoms with Gasteiger partial charge in [0.1, 0.15) is 5.75 Å². The zero-order chi connectivity index (χ0) is 9.97. The summed E-state index contributed by atoms with van der Waals surface area (Å²) in [6.07, 6.45) is 1.92. The molecule has 1 aromatic rings. The molecule has 2 nitrogen and oxygen atoms in total. The van der Waals surface area contributed by atoms with Gasteiger partial charge in [-0.05, 0) is 23.1 Å². The summed E-state index contributed by atoms with van der Waals surface area (Å²) in [5, 5.41) is 10.9. The third kappa shape index (κ3) is 1.49. The lowest BCUT2D eigenvalue weighted by Gasteiger charge is -2.15. The van der Waals surface area contributed by atoms with Crippen LogP contribution in [0.25, 0.3) is 0 Å². The average molecular weight is 203 g/mol. The van der Waals surface area contributed by atoms with Gasteiger partial charge in [-0.2, -0.15) is 5.26 Å². The summed E-state index contributed by atoms with van der Waals surface area (Å²) in [7, 11) is 1.65. The second-order valence-corrected chi connectivity index (χ2v) is 3.90. The molecule has 0 saturated heterocycles. The van der Waals surface area contributed by atoms with E-state index in [-0.39, 0.29) is 5.92 Å². The lowest BCUT2D eigenvalue weighted by Crippen LogP contribution is -1.97. The topological polar surface area (TPSA) is 33.0 Å². The summed E-state index contributed by atoms with van der Waals surface area (Å²) < 4.78 is 5.13. The first-order valence-corrected chi connectivity index (χ1v) is 5.14. The van der Waals surface area contributed by atoms with E-state index < -0.39 is 0 Å². The van der Waals surface area contributed by atoms with E-state index in [2.05, 4.69) is 6.07 Å². The normalized spacial score (nSPS) is 18.4. The van der Waals surface area contributed by atoms with Crippen molar-refractivity contribution >= 4 is 11.8 Å². The minimum absolute atomic E-state index is 0.114. The molecule has 1 unspecified atom stereocenters. The van der Waals surface area contributed by atoms with Crippen LogP contribution in [0.15, 0.2) is 34.6 Å². The number of nitriles is 1. The van der Waals surface area contributed by atoms with Crippen LogP contribution in [-0.2, 0) is 0 Å². The van der Waals surface area contributed by atoms with Crippen molar-refractivity contribution in [1.29, 1.82) is 5.26 Å². The molecule has 3 heteroatoms. The Morgan fingerprint density at radius 2 is 2.36 bits per heavy atom. The van der Waals surface area contributed by atoms with Crippen LogP contribution in [0.3, 0.4) is 0 Å². The number of rotatable bonds is 1. The van der Waals surface area contributed by atoms with Crippen LogP contribution in [0.5, 0.6) is 5.75 Å². The molecule has 70 valence electrons. The lowest BCUT2D eigenvalue weighted by molar-refractivity contribution is 0.413. The number of methoxy groups -OCH3 is 1. The fraction of sp³-hybridized carbons (Fsp3) is 0.182. The van der Waals surface area contributed by atoms with E-state index in [0.29, 0.717) is 0 Å². The number of benzene rings is 1. The van der Waals surface area contributed by atoms with Gasteiger partial charge in [-0.3, -0.25) is 0 Å². The summed E-state index contributed by atoms with van der Waals surface area (Å²) in [6.45, 7) is 0. The highest BCUT2D eigenvalue weighted by molar-refractivity contribution is 8.02. The molecule has 0 aromatic heterocycles. The van der Waals surface area contributed by atoms with E-state index in [1.54, 1.807) is 18.9 Å². The molecule has 0 N–H and O–H groups in total. The monoisotopic (exact) mass is 203 g/mol. The van der Waals surface area contributed by atoms with Gasteiger partial charge in [-0.15, -0.1) is 0 Å². The van der Waals surface area contributed by atoms with Gasteiger partial charge in [-0.1, -0.05) is 23.9 Å². The Labute approximate surface area is 87.2 Å². The zero-order valence-electron chi connectivity index (χ0n) is 7.73. The Morgan fingerprint density at radius 3 is 3.07 bits per heavy atom. The van der Waals surface area contributed by atoms with Gasteiger partial charge in [0.2, 0.25) is 0 Å². The van der Waals surface area contributed by atoms with Crippen LogP contribution in [0.2, 0.25) is 0 Å². The van der Waals surface area contributed by atoms with Crippen LogP contribution >= 0.6 is 11.8 Å². The molecule has 1 aliphatic heterocycles. The van der Waals surface area contributed by atoms with Crippen molar-refractivity contribution in [2.45, 2.75) is 10.8 Å². The summed E-state index contributed by atoms with van der Waals surface area (Å²) in [5.41, 5.74) is 1.07. The highest BCUT2D eigenvalue weighted by Crippen LogP contribution is 2.37. The fourth-order valence-corrected chi connectivity index (χ4v) is 2.31. The second-order valence-electron chi connectivity index (χ2n) is 2.96. The van der Waals surface area contributed by atoms with Crippen molar-refractivity contribution in [3.05, 3.63) is 35.2 Å². The van der Waals surface area contributed by atoms with Gasteiger partial charge in [0.15, 0.2) is 0 Å². The maximum absolute atomic E-state index is 8.92. The molecule has 0 saturated carbocycles. The number of thioether (sulfide) groups is 1. The van der Waals surface area contributed by atoms with Crippen molar-refractivity contribution in [3.8, 4) is 11.8 Å². The molecular weight excluding hydrogens is 194 g/mol. The first kappa shape index (κ1) is 9.17. The smallest absolute Gasteiger partial charge is 0.120 e. The van der Waals surface area contributed by atoms with Crippen molar-refractivity contribution in [3.63, 3.8) is 0 Å². The van der Waals surface area contributed by atoms with Crippen LogP contribution in [0, 0.1) is 11.3 Å². The van der Waals surface area contributed by atoms with Crippen LogP contribution in [0.1, 0.15) is 11.5 Å². The van der Waals surface area contributed by atoms with Crippen LogP contribution < -0.4 is 4.74 Å². The number of nitrogens with zero attached hydrogens (tertiary/aromatic N) is 1. The molecule has 1 aromatic carbocycles. The third-order valence-corrected chi connectivity index (χ3v) is 3.06. The molecule has 0 amide bonds. The first-order chi connectivity index (χ1) is 6.85. The Morgan fingerprint density at radius 1 is 1.50 bits per heavy atom. The van der Waals surface area contributed by atoms with E-state index >= 15 is 0 Å². The van der Waals surface area contributed by atoms with Crippen molar-refractivity contribution in [1.82, 2.24) is 0 Å². The number of allylic oxidation sites excluding steroid dienone is 1. The van der Waals surface area contributed by atoms with E-state index in [0.717, 1.165) is 16.2 Å². The highest BCUT2D eigenvalue weighted by Gasteiger charge is 2.16. The number of ether oxygens (including phenoxy) is 1. The van der Waals surface area contributed by atoms with Gasteiger partial charge in [-0.25, -0.2) is 0 Å². The van der Waals surface area contributed by atoms with Crippen LogP contribution in [0.4, 0.5) is 0 Å². The minimum atomic E-state index is -0.114. The molecule has 0 fully saturated rings. The quantitative estimate of drug-likeness (QED) is 0.703. The maximum atomic E-state index is 8.92. The molecule has 0 radical (unpaired) electrons. The molecule has 2 rings (SSSR count). The largest absolute Gasteiger partial charge is 0.497 e. The van der Waals surface area contributed by atoms with Gasteiger partial charge in [0, 0.05) is 4.90 Å². The average Bonchev–Trinajstić information content (AvgIpc) is 2.27. The Kier molecular flexibility index (Phi) is 2.47. The van der Waals surface area contributed by atoms with E-state index in [1.807, 2.05) is 29.7 Å². The Bertz CT molecular complexity index is 420. The first-order valence-electron chi connectivity index (χ1n) is 4.26. The van der Waals surface area contributed by atoms with Gasteiger partial charge in [0.05, 0.1) is 19.1 Å². The lowest BCUT2D eigenvalue weighted by atomic mass is 10.0. The molecule has 0 bridgehead atoms. The molecular formula is C11H9NOS. The van der Waals surface area contributed by atoms with Crippen molar-refractivity contribution in [2.75, 3.05) is 7.11 Å². The minimum Gasteiger partial charge on any atom is -0.497 e. The summed E-state index contributed by atoms with van der Waals surface area (Å²) >= 11 is 1.63. The Hall–Kier alpha value is -1.40. The predicted octanol–water partition coefficient (Wildman–Crippen LogP) is 2.92.